The maximum Gasteiger partial charge on any atom is 0.283 e. The fourth-order valence-corrected chi connectivity index (χ4v) is 5.29. The summed E-state index contributed by atoms with van der Waals surface area (Å²) in [6.07, 6.45) is 0. The Morgan fingerprint density at radius 2 is 1.38 bits per heavy atom. The molecule has 0 saturated carbocycles. The van der Waals surface area contributed by atoms with Crippen molar-refractivity contribution < 1.29 is 23.2 Å². The number of hydrogen-bond donors (Lipinski definition) is 3. The van der Waals surface area contributed by atoms with Gasteiger partial charge in [-0.15, -0.1) is 0 Å². The Kier molecular flexibility index (Phi) is 5.98. The molecule has 5 nitrogen and oxygen atoms in total. The molecule has 152 valence electrons. The number of benzene rings is 3. The van der Waals surface area contributed by atoms with Crippen molar-refractivity contribution in [3.8, 4) is 11.5 Å². The van der Waals surface area contributed by atoms with Gasteiger partial charge in [0.05, 0.1) is 15.1 Å². The van der Waals surface area contributed by atoms with Crippen LogP contribution in [0.3, 0.4) is 0 Å². The molecule has 1 unspecified atom stereocenters. The lowest BCUT2D eigenvalue weighted by atomic mass is 9.83. The summed E-state index contributed by atoms with van der Waals surface area (Å²) >= 11 is 24.4. The van der Waals surface area contributed by atoms with Crippen LogP contribution >= 0.6 is 46.4 Å². The van der Waals surface area contributed by atoms with Crippen LogP contribution in [0.2, 0.25) is 20.1 Å². The predicted molar refractivity (Wildman–Crippen MR) is 114 cm³/mol. The second kappa shape index (κ2) is 7.87. The minimum atomic E-state index is -5.08. The summed E-state index contributed by atoms with van der Waals surface area (Å²) in [5, 5.41) is 20.3. The molecule has 0 aliphatic carbocycles. The van der Waals surface area contributed by atoms with Gasteiger partial charge in [-0.1, -0.05) is 70.7 Å². The van der Waals surface area contributed by atoms with Crippen LogP contribution in [0.1, 0.15) is 16.7 Å². The van der Waals surface area contributed by atoms with Gasteiger partial charge in [0, 0.05) is 22.2 Å². The first kappa shape index (κ1) is 22.0. The van der Waals surface area contributed by atoms with Gasteiger partial charge in [-0.2, -0.15) is 8.42 Å². The van der Waals surface area contributed by atoms with Crippen LogP contribution in [0.5, 0.6) is 11.5 Å². The van der Waals surface area contributed by atoms with E-state index in [0.29, 0.717) is 5.02 Å². The highest BCUT2D eigenvalue weighted by molar-refractivity contribution is 7.87. The number of hydrogen-bond acceptors (Lipinski definition) is 4. The van der Waals surface area contributed by atoms with Crippen LogP contribution in [0.4, 0.5) is 0 Å². The first-order valence-corrected chi connectivity index (χ1v) is 10.8. The molecular formula is C19H12Cl4O5S. The summed E-state index contributed by atoms with van der Waals surface area (Å²) in [5.74, 6) is -1.12. The van der Waals surface area contributed by atoms with E-state index < -0.39 is 26.4 Å². The minimum absolute atomic E-state index is 0.00521. The lowest BCUT2D eigenvalue weighted by molar-refractivity contribution is 0.431. The highest BCUT2D eigenvalue weighted by Gasteiger charge is 2.51. The Hall–Kier alpha value is -1.67. The highest BCUT2D eigenvalue weighted by Crippen LogP contribution is 2.51. The van der Waals surface area contributed by atoms with E-state index in [1.807, 2.05) is 0 Å². The molecule has 0 saturated heterocycles. The topological polar surface area (TPSA) is 94.8 Å². The van der Waals surface area contributed by atoms with Crippen molar-refractivity contribution in [2.75, 3.05) is 0 Å². The van der Waals surface area contributed by atoms with Crippen molar-refractivity contribution >= 4 is 56.5 Å². The molecule has 0 heterocycles. The van der Waals surface area contributed by atoms with Crippen LogP contribution in [0, 0.1) is 0 Å². The van der Waals surface area contributed by atoms with E-state index in [-0.39, 0.29) is 31.8 Å². The van der Waals surface area contributed by atoms with Crippen molar-refractivity contribution in [2.24, 2.45) is 0 Å². The fraction of sp³-hybridized carbons (Fsp3) is 0.0526. The van der Waals surface area contributed by atoms with E-state index >= 15 is 0 Å². The number of phenols is 2. The third-order valence-corrected chi connectivity index (χ3v) is 7.24. The lowest BCUT2D eigenvalue weighted by Crippen LogP contribution is -2.38. The largest absolute Gasteiger partial charge is 0.507 e. The first-order valence-electron chi connectivity index (χ1n) is 7.89. The number of rotatable bonds is 4. The van der Waals surface area contributed by atoms with Gasteiger partial charge < -0.3 is 10.2 Å². The molecule has 3 N–H and O–H groups in total. The average Bonchev–Trinajstić information content (AvgIpc) is 2.63. The molecule has 0 bridgehead atoms. The van der Waals surface area contributed by atoms with Crippen molar-refractivity contribution in [1.29, 1.82) is 0 Å². The average molecular weight is 494 g/mol. The Bertz CT molecular complexity index is 1200. The second-order valence-corrected chi connectivity index (χ2v) is 9.28. The van der Waals surface area contributed by atoms with Gasteiger partial charge in [-0.3, -0.25) is 4.55 Å². The third kappa shape index (κ3) is 3.65. The molecule has 0 aliphatic heterocycles. The molecule has 3 aromatic carbocycles. The minimum Gasteiger partial charge on any atom is -0.507 e. The molecule has 0 radical (unpaired) electrons. The summed E-state index contributed by atoms with van der Waals surface area (Å²) < 4.78 is 34.0. The van der Waals surface area contributed by atoms with Gasteiger partial charge in [-0.25, -0.2) is 0 Å². The molecular weight excluding hydrogens is 482 g/mol. The van der Waals surface area contributed by atoms with E-state index in [4.69, 9.17) is 46.4 Å². The molecule has 0 amide bonds. The maximum absolute atomic E-state index is 13.0. The zero-order valence-electron chi connectivity index (χ0n) is 14.3. The third-order valence-electron chi connectivity index (χ3n) is 4.41. The van der Waals surface area contributed by atoms with Gasteiger partial charge in [-0.05, 0) is 29.8 Å². The van der Waals surface area contributed by atoms with Crippen molar-refractivity contribution in [3.05, 3.63) is 91.4 Å². The predicted octanol–water partition coefficient (Wildman–Crippen LogP) is 5.89. The van der Waals surface area contributed by atoms with Crippen LogP contribution in [0.15, 0.2) is 54.6 Å². The van der Waals surface area contributed by atoms with Gasteiger partial charge in [0.2, 0.25) is 0 Å². The lowest BCUT2D eigenvalue weighted by Gasteiger charge is -2.34. The SMILES string of the molecule is O=S(=O)(O)C(c1ccc(Cl)cc1)(c1cc(Cl)c(O)cc1O)c1cccc(Cl)c1Cl. The van der Waals surface area contributed by atoms with E-state index in [1.165, 1.54) is 42.5 Å². The van der Waals surface area contributed by atoms with Crippen LogP contribution < -0.4 is 0 Å². The van der Waals surface area contributed by atoms with E-state index in [9.17, 15) is 23.2 Å². The number of phenolic OH excluding ortho intramolecular Hbond substituents is 2. The molecule has 0 aliphatic rings. The Morgan fingerprint density at radius 1 is 0.759 bits per heavy atom. The Labute approximate surface area is 186 Å². The molecule has 0 fully saturated rings. The second-order valence-electron chi connectivity index (χ2n) is 6.09. The fourth-order valence-electron chi connectivity index (χ4n) is 3.18. The molecule has 0 aromatic heterocycles. The summed E-state index contributed by atoms with van der Waals surface area (Å²) in [6, 6.07) is 11.7. The van der Waals surface area contributed by atoms with Crippen molar-refractivity contribution in [1.82, 2.24) is 0 Å². The molecule has 29 heavy (non-hydrogen) atoms. The van der Waals surface area contributed by atoms with Gasteiger partial charge in [0.25, 0.3) is 10.1 Å². The quantitative estimate of drug-likeness (QED) is 0.311. The first-order chi connectivity index (χ1) is 13.5. The Balaban J connectivity index is 2.61. The molecule has 10 heteroatoms. The normalized spacial score (nSPS) is 13.8. The van der Waals surface area contributed by atoms with E-state index in [2.05, 4.69) is 0 Å². The molecule has 3 aromatic rings. The van der Waals surface area contributed by atoms with E-state index in [1.54, 1.807) is 0 Å². The number of halogens is 4. The van der Waals surface area contributed by atoms with Crippen LogP contribution in [-0.4, -0.2) is 23.2 Å². The zero-order valence-corrected chi connectivity index (χ0v) is 18.1. The molecule has 0 spiro atoms. The number of aromatic hydroxyl groups is 2. The maximum atomic E-state index is 13.0. The summed E-state index contributed by atoms with van der Waals surface area (Å²) in [4.78, 5) is 0. The van der Waals surface area contributed by atoms with Gasteiger partial charge in [0.15, 0.2) is 4.75 Å². The summed E-state index contributed by atoms with van der Waals surface area (Å²) in [7, 11) is -5.08. The van der Waals surface area contributed by atoms with Crippen molar-refractivity contribution in [2.45, 2.75) is 4.75 Å². The molecule has 1 atom stereocenters. The van der Waals surface area contributed by atoms with Gasteiger partial charge >= 0.3 is 0 Å². The Morgan fingerprint density at radius 3 is 1.97 bits per heavy atom. The monoisotopic (exact) mass is 492 g/mol. The van der Waals surface area contributed by atoms with Crippen LogP contribution in [0.25, 0.3) is 0 Å². The van der Waals surface area contributed by atoms with E-state index in [0.717, 1.165) is 12.1 Å². The zero-order chi connectivity index (χ0) is 21.6. The standard InChI is InChI=1S/C19H12Cl4O5S/c20-11-6-4-10(5-7-11)19(29(26,27)28,12-2-1-3-14(21)18(12)23)13-8-15(22)17(25)9-16(13)24/h1-9,24-25H,(H,26,27,28). The van der Waals surface area contributed by atoms with Gasteiger partial charge in [0.1, 0.15) is 11.5 Å². The molecule has 3 rings (SSSR count). The highest BCUT2D eigenvalue weighted by atomic mass is 35.5. The van der Waals surface area contributed by atoms with Crippen LogP contribution in [-0.2, 0) is 14.9 Å². The van der Waals surface area contributed by atoms with Crippen molar-refractivity contribution in [3.63, 3.8) is 0 Å². The smallest absolute Gasteiger partial charge is 0.283 e. The summed E-state index contributed by atoms with van der Waals surface area (Å²) in [5.41, 5.74) is -0.464. The summed E-state index contributed by atoms with van der Waals surface area (Å²) in [6.45, 7) is 0.